The molecule has 1 unspecified atom stereocenters. The van der Waals surface area contributed by atoms with E-state index in [2.05, 4.69) is 47.0 Å². The van der Waals surface area contributed by atoms with Crippen molar-refractivity contribution in [1.29, 1.82) is 0 Å². The minimum absolute atomic E-state index is 0.0879. The molecular formula is C36H34N2O5. The van der Waals surface area contributed by atoms with E-state index >= 15 is 0 Å². The molecule has 0 heterocycles. The van der Waals surface area contributed by atoms with Gasteiger partial charge in [0.05, 0.1) is 18.7 Å². The van der Waals surface area contributed by atoms with Crippen LogP contribution in [0.4, 0.5) is 4.79 Å². The number of rotatable bonds is 8. The highest BCUT2D eigenvalue weighted by molar-refractivity contribution is 5.89. The van der Waals surface area contributed by atoms with E-state index in [0.29, 0.717) is 5.56 Å². The van der Waals surface area contributed by atoms with Crippen molar-refractivity contribution in [3.63, 3.8) is 0 Å². The lowest BCUT2D eigenvalue weighted by atomic mass is 9.87. The molecule has 0 bridgehead atoms. The van der Waals surface area contributed by atoms with E-state index in [0.717, 1.165) is 52.6 Å². The van der Waals surface area contributed by atoms with Crippen molar-refractivity contribution in [2.75, 3.05) is 13.7 Å². The predicted molar refractivity (Wildman–Crippen MR) is 164 cm³/mol. The van der Waals surface area contributed by atoms with Gasteiger partial charge >= 0.3 is 12.1 Å². The summed E-state index contributed by atoms with van der Waals surface area (Å²) in [5.41, 5.74) is 8.08. The summed E-state index contributed by atoms with van der Waals surface area (Å²) in [6, 6.07) is 30.3. The zero-order valence-corrected chi connectivity index (χ0v) is 24.0. The number of nitrogens with one attached hydrogen (secondary N) is 2. The monoisotopic (exact) mass is 574 g/mol. The van der Waals surface area contributed by atoms with E-state index in [1.165, 1.54) is 12.7 Å². The van der Waals surface area contributed by atoms with E-state index in [1.807, 2.05) is 36.4 Å². The summed E-state index contributed by atoms with van der Waals surface area (Å²) in [6.07, 6.45) is 2.36. The van der Waals surface area contributed by atoms with Crippen molar-refractivity contribution in [3.05, 3.63) is 130 Å². The molecule has 43 heavy (non-hydrogen) atoms. The summed E-state index contributed by atoms with van der Waals surface area (Å²) in [4.78, 5) is 38.8. The molecule has 0 spiro atoms. The van der Waals surface area contributed by atoms with Crippen molar-refractivity contribution in [1.82, 2.24) is 10.6 Å². The minimum Gasteiger partial charge on any atom is -0.465 e. The number of hydrogen-bond donors (Lipinski definition) is 2. The minimum atomic E-state index is -0.881. The first-order valence-electron chi connectivity index (χ1n) is 14.7. The predicted octanol–water partition coefficient (Wildman–Crippen LogP) is 6.12. The first-order valence-corrected chi connectivity index (χ1v) is 14.7. The van der Waals surface area contributed by atoms with Gasteiger partial charge in [0.2, 0.25) is 5.91 Å². The summed E-state index contributed by atoms with van der Waals surface area (Å²) < 4.78 is 10.6. The Morgan fingerprint density at radius 3 is 2.12 bits per heavy atom. The summed E-state index contributed by atoms with van der Waals surface area (Å²) >= 11 is 0. The molecule has 4 aromatic carbocycles. The number of ether oxygens (including phenoxy) is 2. The molecule has 2 N–H and O–H groups in total. The smallest absolute Gasteiger partial charge is 0.407 e. The molecule has 4 aromatic rings. The average molecular weight is 575 g/mol. The molecule has 2 aliphatic carbocycles. The molecule has 0 saturated carbocycles. The normalized spacial score (nSPS) is 15.8. The van der Waals surface area contributed by atoms with Crippen LogP contribution in [-0.4, -0.2) is 37.7 Å². The van der Waals surface area contributed by atoms with E-state index in [9.17, 15) is 14.4 Å². The lowest BCUT2D eigenvalue weighted by Gasteiger charge is -2.28. The van der Waals surface area contributed by atoms with Crippen molar-refractivity contribution in [2.45, 2.75) is 43.7 Å². The van der Waals surface area contributed by atoms with Gasteiger partial charge in [0.15, 0.2) is 0 Å². The van der Waals surface area contributed by atoms with Crippen molar-refractivity contribution >= 4 is 18.0 Å². The Morgan fingerprint density at radius 2 is 1.44 bits per heavy atom. The number of carbonyl (C=O) groups is 3. The van der Waals surface area contributed by atoms with Crippen LogP contribution in [0.25, 0.3) is 11.1 Å². The van der Waals surface area contributed by atoms with Gasteiger partial charge in [0.1, 0.15) is 12.6 Å². The van der Waals surface area contributed by atoms with Crippen LogP contribution < -0.4 is 10.6 Å². The Kier molecular flexibility index (Phi) is 8.22. The molecule has 7 heteroatoms. The number of amides is 2. The number of alkyl carbamates (subject to hydrolysis) is 1. The third-order valence-corrected chi connectivity index (χ3v) is 8.45. The van der Waals surface area contributed by atoms with Crippen LogP contribution in [-0.2, 0) is 27.1 Å². The van der Waals surface area contributed by atoms with Gasteiger partial charge in [-0.25, -0.2) is 9.59 Å². The van der Waals surface area contributed by atoms with E-state index in [4.69, 9.17) is 9.47 Å². The quantitative estimate of drug-likeness (QED) is 0.248. The largest absolute Gasteiger partial charge is 0.465 e. The zero-order chi connectivity index (χ0) is 29.8. The number of esters is 1. The summed E-state index contributed by atoms with van der Waals surface area (Å²) in [5.74, 6) is -0.809. The Morgan fingerprint density at radius 1 is 0.814 bits per heavy atom. The highest BCUT2D eigenvalue weighted by atomic mass is 16.5. The number of hydrogen-bond acceptors (Lipinski definition) is 5. The van der Waals surface area contributed by atoms with Gasteiger partial charge in [0.25, 0.3) is 0 Å². The van der Waals surface area contributed by atoms with Gasteiger partial charge in [0, 0.05) is 12.3 Å². The standard InChI is InChI=1S/C36H34N2O5/c1-42-35(40)25-19-17-23(18-20-25)21-33(34(39)37-32-16-8-10-24-9-2-3-11-26(24)32)38-36(41)43-22-31-29-14-6-4-12-27(29)28-13-5-7-15-30(28)31/h2-7,9,11-15,17-20,31-33H,8,10,16,21-22H2,1H3,(H,37,39)(H,38,41)/t32-,33?/m1/s1. The second-order valence-corrected chi connectivity index (χ2v) is 11.1. The highest BCUT2D eigenvalue weighted by Gasteiger charge is 2.31. The molecule has 0 aromatic heterocycles. The second kappa shape index (κ2) is 12.5. The molecule has 2 amide bonds. The Labute approximate surface area is 251 Å². The zero-order valence-electron chi connectivity index (χ0n) is 24.0. The first kappa shape index (κ1) is 28.2. The van der Waals surface area contributed by atoms with Crippen LogP contribution in [0.5, 0.6) is 0 Å². The van der Waals surface area contributed by atoms with Gasteiger partial charge < -0.3 is 20.1 Å². The third-order valence-electron chi connectivity index (χ3n) is 8.45. The van der Waals surface area contributed by atoms with E-state index < -0.39 is 18.1 Å². The van der Waals surface area contributed by atoms with Gasteiger partial charge in [-0.3, -0.25) is 4.79 Å². The Balaban J connectivity index is 1.18. The van der Waals surface area contributed by atoms with Gasteiger partial charge in [-0.1, -0.05) is 84.9 Å². The fourth-order valence-electron chi connectivity index (χ4n) is 6.30. The summed E-state index contributed by atoms with van der Waals surface area (Å²) in [6.45, 7) is 0.151. The Bertz CT molecular complexity index is 1600. The van der Waals surface area contributed by atoms with Crippen LogP contribution >= 0.6 is 0 Å². The molecule has 7 nitrogen and oxygen atoms in total. The maximum atomic E-state index is 13.7. The molecule has 0 saturated heterocycles. The lowest BCUT2D eigenvalue weighted by Crippen LogP contribution is -2.49. The molecular weight excluding hydrogens is 540 g/mol. The maximum absolute atomic E-state index is 13.7. The van der Waals surface area contributed by atoms with Crippen molar-refractivity contribution < 1.29 is 23.9 Å². The molecule has 6 rings (SSSR count). The number of aryl methyl sites for hydroxylation is 1. The molecule has 2 aliphatic rings. The van der Waals surface area contributed by atoms with E-state index in [1.54, 1.807) is 24.3 Å². The number of methoxy groups -OCH3 is 1. The van der Waals surface area contributed by atoms with Gasteiger partial charge in [-0.15, -0.1) is 0 Å². The van der Waals surface area contributed by atoms with Crippen LogP contribution in [0.2, 0.25) is 0 Å². The van der Waals surface area contributed by atoms with Crippen LogP contribution in [0.3, 0.4) is 0 Å². The molecule has 218 valence electrons. The highest BCUT2D eigenvalue weighted by Crippen LogP contribution is 2.44. The SMILES string of the molecule is COC(=O)c1ccc(CC(NC(=O)OCC2c3ccccc3-c3ccccc32)C(=O)N[C@@H]2CCCc3ccccc32)cc1. The Hall–Kier alpha value is -4.91. The average Bonchev–Trinajstić information content (AvgIpc) is 3.37. The first-order chi connectivity index (χ1) is 21.0. The number of carbonyl (C=O) groups excluding carboxylic acids is 3. The van der Waals surface area contributed by atoms with Gasteiger partial charge in [-0.05, 0) is 70.3 Å². The summed E-state index contributed by atoms with van der Waals surface area (Å²) in [5, 5.41) is 6.01. The topological polar surface area (TPSA) is 93.7 Å². The van der Waals surface area contributed by atoms with Crippen molar-refractivity contribution in [3.8, 4) is 11.1 Å². The van der Waals surface area contributed by atoms with Gasteiger partial charge in [-0.2, -0.15) is 0 Å². The fraction of sp³-hybridized carbons (Fsp3) is 0.250. The van der Waals surface area contributed by atoms with Crippen LogP contribution in [0.15, 0.2) is 97.1 Å². The van der Waals surface area contributed by atoms with E-state index in [-0.39, 0.29) is 30.9 Å². The fourth-order valence-corrected chi connectivity index (χ4v) is 6.30. The molecule has 0 radical (unpaired) electrons. The third kappa shape index (κ3) is 6.02. The number of fused-ring (bicyclic) bond motifs is 4. The van der Waals surface area contributed by atoms with Crippen LogP contribution in [0, 0.1) is 0 Å². The van der Waals surface area contributed by atoms with Crippen LogP contribution in [0.1, 0.15) is 63.0 Å². The van der Waals surface area contributed by atoms with Crippen molar-refractivity contribution in [2.24, 2.45) is 0 Å². The molecule has 2 atom stereocenters. The lowest BCUT2D eigenvalue weighted by molar-refractivity contribution is -0.123. The molecule has 0 aliphatic heterocycles. The number of benzene rings is 4. The summed E-state index contributed by atoms with van der Waals surface area (Å²) in [7, 11) is 1.33. The second-order valence-electron chi connectivity index (χ2n) is 11.1. The molecule has 0 fully saturated rings. The maximum Gasteiger partial charge on any atom is 0.407 e.